The van der Waals surface area contributed by atoms with Crippen LogP contribution in [0.1, 0.15) is 11.1 Å². The molecule has 3 rings (SSSR count). The van der Waals surface area contributed by atoms with Crippen LogP contribution in [0.5, 0.6) is 0 Å². The van der Waals surface area contributed by atoms with Crippen molar-refractivity contribution in [2.75, 3.05) is 10.8 Å². The number of carboxylic acid groups (broad SMARTS) is 1. The lowest BCUT2D eigenvalue weighted by Crippen LogP contribution is -2.29. The molecule has 0 fully saturated rings. The average Bonchev–Trinajstić information content (AvgIpc) is 3.04. The second kappa shape index (κ2) is 6.56. The van der Waals surface area contributed by atoms with Gasteiger partial charge >= 0.3 is 5.97 Å². The maximum atomic E-state index is 12.8. The first-order valence-corrected chi connectivity index (χ1v) is 8.90. The molecule has 134 valence electrons. The van der Waals surface area contributed by atoms with Gasteiger partial charge in [-0.2, -0.15) is 0 Å². The van der Waals surface area contributed by atoms with Gasteiger partial charge in [-0.15, -0.1) is 0 Å². The molecule has 10 heteroatoms. The van der Waals surface area contributed by atoms with Crippen LogP contribution in [0.2, 0.25) is 0 Å². The molecule has 0 bridgehead atoms. The number of pyridine rings is 1. The first-order valence-electron chi connectivity index (χ1n) is 7.46. The van der Waals surface area contributed by atoms with Crippen molar-refractivity contribution in [2.24, 2.45) is 0 Å². The fourth-order valence-corrected chi connectivity index (χ4v) is 4.13. The normalized spacial score (nSPS) is 13.8. The summed E-state index contributed by atoms with van der Waals surface area (Å²) < 4.78 is 26.8. The molecule has 0 spiro atoms. The Hall–Kier alpha value is -3.27. The van der Waals surface area contributed by atoms with E-state index in [1.807, 2.05) is 0 Å². The monoisotopic (exact) mass is 375 g/mol. The number of nitro groups is 1. The lowest BCUT2D eigenvalue weighted by atomic mass is 10.1. The number of non-ortho nitro benzene ring substituents is 1. The van der Waals surface area contributed by atoms with Crippen molar-refractivity contribution in [3.63, 3.8) is 0 Å². The third-order valence-electron chi connectivity index (χ3n) is 3.82. The summed E-state index contributed by atoms with van der Waals surface area (Å²) in [4.78, 5) is 24.8. The van der Waals surface area contributed by atoms with Crippen molar-refractivity contribution < 1.29 is 23.2 Å². The quantitative estimate of drug-likeness (QED) is 0.479. The molecule has 1 aliphatic heterocycles. The Morgan fingerprint density at radius 3 is 2.81 bits per heavy atom. The third kappa shape index (κ3) is 3.26. The fraction of sp³-hybridized carbons (Fsp3) is 0.125. The van der Waals surface area contributed by atoms with Gasteiger partial charge in [0.25, 0.3) is 15.7 Å². The number of aromatic nitrogens is 1. The maximum Gasteiger partial charge on any atom is 0.328 e. The smallest absolute Gasteiger partial charge is 0.328 e. The number of carbonyl (C=O) groups is 1. The Labute approximate surface area is 148 Å². The molecule has 9 nitrogen and oxygen atoms in total. The number of anilines is 1. The number of nitrogens with zero attached hydrogens (tertiary/aromatic N) is 3. The van der Waals surface area contributed by atoms with Gasteiger partial charge in [-0.05, 0) is 35.8 Å². The molecular formula is C16H13N3O6S. The molecule has 2 aromatic rings. The van der Waals surface area contributed by atoms with Crippen molar-refractivity contribution in [1.29, 1.82) is 0 Å². The van der Waals surface area contributed by atoms with Gasteiger partial charge in [0.05, 0.1) is 9.82 Å². The van der Waals surface area contributed by atoms with Crippen LogP contribution in [-0.4, -0.2) is 35.9 Å². The van der Waals surface area contributed by atoms with E-state index in [2.05, 4.69) is 4.98 Å². The second-order valence-corrected chi connectivity index (χ2v) is 7.37. The summed E-state index contributed by atoms with van der Waals surface area (Å²) >= 11 is 0. The van der Waals surface area contributed by atoms with E-state index in [0.29, 0.717) is 17.5 Å². The molecule has 0 unspecified atom stereocenters. The predicted molar refractivity (Wildman–Crippen MR) is 92.2 cm³/mol. The zero-order chi connectivity index (χ0) is 18.9. The highest BCUT2D eigenvalue weighted by Gasteiger charge is 2.32. The molecule has 0 atom stereocenters. The summed E-state index contributed by atoms with van der Waals surface area (Å²) in [6.45, 7) is 0.152. The number of aliphatic carboxylic acids is 1. The van der Waals surface area contributed by atoms with E-state index in [9.17, 15) is 23.3 Å². The predicted octanol–water partition coefficient (Wildman–Crippen LogP) is 1.84. The van der Waals surface area contributed by atoms with Crippen LogP contribution in [0.3, 0.4) is 0 Å². The first kappa shape index (κ1) is 17.5. The summed E-state index contributed by atoms with van der Waals surface area (Å²) in [5, 5.41) is 19.5. The van der Waals surface area contributed by atoms with E-state index in [4.69, 9.17) is 5.11 Å². The highest BCUT2D eigenvalue weighted by atomic mass is 32.2. The average molecular weight is 375 g/mol. The number of benzene rings is 1. The molecule has 1 aromatic carbocycles. The summed E-state index contributed by atoms with van der Waals surface area (Å²) in [5.74, 6) is -0.857. The maximum absolute atomic E-state index is 12.8. The summed E-state index contributed by atoms with van der Waals surface area (Å²) in [7, 11) is -3.99. The number of nitro benzene ring substituents is 1. The van der Waals surface area contributed by atoms with Crippen LogP contribution in [-0.2, 0) is 21.2 Å². The molecule has 1 N–H and O–H groups in total. The third-order valence-corrected chi connectivity index (χ3v) is 5.60. The van der Waals surface area contributed by atoms with Crippen molar-refractivity contribution in [1.82, 2.24) is 4.98 Å². The summed E-state index contributed by atoms with van der Waals surface area (Å²) in [5.41, 5.74) is 0.889. The number of hydrogen-bond acceptors (Lipinski definition) is 6. The van der Waals surface area contributed by atoms with Gasteiger partial charge in [0.2, 0.25) is 0 Å². The fourth-order valence-electron chi connectivity index (χ4n) is 2.64. The van der Waals surface area contributed by atoms with Crippen molar-refractivity contribution >= 4 is 33.6 Å². The Morgan fingerprint density at radius 1 is 1.35 bits per heavy atom. The molecule has 0 saturated heterocycles. The minimum Gasteiger partial charge on any atom is -0.478 e. The Kier molecular flexibility index (Phi) is 4.43. The van der Waals surface area contributed by atoms with Crippen LogP contribution >= 0.6 is 0 Å². The topological polar surface area (TPSA) is 131 Å². The van der Waals surface area contributed by atoms with Gasteiger partial charge in [-0.1, -0.05) is 6.07 Å². The minimum atomic E-state index is -3.99. The summed E-state index contributed by atoms with van der Waals surface area (Å²) in [6, 6.07) is 6.51. The first-order chi connectivity index (χ1) is 12.3. The molecule has 1 aliphatic rings. The minimum absolute atomic E-state index is 0.152. The van der Waals surface area contributed by atoms with Crippen LogP contribution in [0, 0.1) is 10.1 Å². The molecular weight excluding hydrogens is 362 g/mol. The van der Waals surface area contributed by atoms with Gasteiger partial charge in [0.1, 0.15) is 5.82 Å². The molecule has 0 radical (unpaired) electrons. The van der Waals surface area contributed by atoms with Crippen LogP contribution in [0.25, 0.3) is 6.08 Å². The Morgan fingerprint density at radius 2 is 2.12 bits per heavy atom. The number of sulfonamides is 1. The van der Waals surface area contributed by atoms with Crippen molar-refractivity contribution in [3.05, 3.63) is 63.8 Å². The SMILES string of the molecule is O=C(O)C=Cc1cnc2c(c1)CCN2S(=O)(=O)c1cccc([N+](=O)[O-])c1. The molecule has 0 saturated carbocycles. The largest absolute Gasteiger partial charge is 0.478 e. The highest BCUT2D eigenvalue weighted by molar-refractivity contribution is 7.92. The van der Waals surface area contributed by atoms with Crippen LogP contribution in [0.4, 0.5) is 11.5 Å². The summed E-state index contributed by atoms with van der Waals surface area (Å²) in [6.07, 6.45) is 4.12. The molecule has 0 aliphatic carbocycles. The van der Waals surface area contributed by atoms with Crippen LogP contribution in [0.15, 0.2) is 47.5 Å². The van der Waals surface area contributed by atoms with E-state index < -0.39 is 20.9 Å². The standard InChI is InChI=1S/C16H13N3O6S/c20-15(21)5-4-11-8-12-6-7-18(16(12)17-10-11)26(24,25)14-3-1-2-13(9-14)19(22)23/h1-5,8-10H,6-7H2,(H,20,21). The Balaban J connectivity index is 1.96. The van der Waals surface area contributed by atoms with Crippen molar-refractivity contribution in [3.8, 4) is 0 Å². The van der Waals surface area contributed by atoms with E-state index in [0.717, 1.165) is 16.4 Å². The van der Waals surface area contributed by atoms with E-state index >= 15 is 0 Å². The second-order valence-electron chi connectivity index (χ2n) is 5.50. The number of carboxylic acids is 1. The molecule has 0 amide bonds. The molecule has 2 heterocycles. The van der Waals surface area contributed by atoms with Crippen LogP contribution < -0.4 is 4.31 Å². The van der Waals surface area contributed by atoms with Gasteiger partial charge in [0, 0.05) is 31.0 Å². The lowest BCUT2D eigenvalue weighted by molar-refractivity contribution is -0.385. The zero-order valence-corrected chi connectivity index (χ0v) is 14.1. The zero-order valence-electron chi connectivity index (χ0n) is 13.3. The van der Waals surface area contributed by atoms with E-state index in [-0.39, 0.29) is 22.9 Å². The number of hydrogen-bond donors (Lipinski definition) is 1. The van der Waals surface area contributed by atoms with Gasteiger partial charge in [0.15, 0.2) is 0 Å². The highest BCUT2D eigenvalue weighted by Crippen LogP contribution is 2.32. The number of rotatable bonds is 5. The van der Waals surface area contributed by atoms with Gasteiger partial charge in [-0.3, -0.25) is 10.1 Å². The van der Waals surface area contributed by atoms with Crippen molar-refractivity contribution in [2.45, 2.75) is 11.3 Å². The van der Waals surface area contributed by atoms with E-state index in [1.54, 1.807) is 6.07 Å². The number of fused-ring (bicyclic) bond motifs is 1. The molecule has 1 aromatic heterocycles. The van der Waals surface area contributed by atoms with Gasteiger partial charge in [-0.25, -0.2) is 22.5 Å². The Bertz CT molecular complexity index is 1030. The molecule has 26 heavy (non-hydrogen) atoms. The van der Waals surface area contributed by atoms with E-state index in [1.165, 1.54) is 30.5 Å². The lowest BCUT2D eigenvalue weighted by Gasteiger charge is -2.18. The van der Waals surface area contributed by atoms with Gasteiger partial charge < -0.3 is 5.11 Å².